The lowest BCUT2D eigenvalue weighted by Gasteiger charge is -2.08. The summed E-state index contributed by atoms with van der Waals surface area (Å²) in [5, 5.41) is 19.6. The maximum atomic E-state index is 10.4. The van der Waals surface area contributed by atoms with E-state index in [2.05, 4.69) is 4.84 Å². The first-order valence-corrected chi connectivity index (χ1v) is 4.06. The van der Waals surface area contributed by atoms with Gasteiger partial charge in [-0.05, 0) is 12.5 Å². The maximum Gasteiger partial charge on any atom is 0.295 e. The van der Waals surface area contributed by atoms with Crippen LogP contribution in [0.2, 0.25) is 0 Å². The van der Waals surface area contributed by atoms with Gasteiger partial charge in [-0.2, -0.15) is 0 Å². The van der Waals surface area contributed by atoms with Crippen molar-refractivity contribution < 1.29 is 14.8 Å². The molecular weight excluding hydrogens is 204 g/mol. The van der Waals surface area contributed by atoms with Gasteiger partial charge in [0.15, 0.2) is 0 Å². The van der Waals surface area contributed by atoms with Crippen LogP contribution in [0.4, 0.5) is 5.69 Å². The molecular formula is C8H8N2O5. The van der Waals surface area contributed by atoms with Crippen LogP contribution in [0.1, 0.15) is 18.6 Å². The summed E-state index contributed by atoms with van der Waals surface area (Å²) in [5.74, 6) is 0. The van der Waals surface area contributed by atoms with E-state index < -0.39 is 16.1 Å². The molecule has 80 valence electrons. The third-order valence-corrected chi connectivity index (χ3v) is 1.79. The van der Waals surface area contributed by atoms with Gasteiger partial charge >= 0.3 is 0 Å². The van der Waals surface area contributed by atoms with E-state index in [9.17, 15) is 20.2 Å². The van der Waals surface area contributed by atoms with Gasteiger partial charge in [-0.15, -0.1) is 10.1 Å². The van der Waals surface area contributed by atoms with Gasteiger partial charge in [-0.1, -0.05) is 12.1 Å². The lowest BCUT2D eigenvalue weighted by Crippen LogP contribution is -2.06. The fourth-order valence-electron chi connectivity index (χ4n) is 1.08. The van der Waals surface area contributed by atoms with Gasteiger partial charge in [0.1, 0.15) is 6.10 Å². The van der Waals surface area contributed by atoms with E-state index in [1.807, 2.05) is 0 Å². The molecule has 0 N–H and O–H groups in total. The molecule has 15 heavy (non-hydrogen) atoms. The highest BCUT2D eigenvalue weighted by molar-refractivity contribution is 5.35. The van der Waals surface area contributed by atoms with Gasteiger partial charge in [0, 0.05) is 12.1 Å². The van der Waals surface area contributed by atoms with Crippen molar-refractivity contribution in [3.05, 3.63) is 50.1 Å². The van der Waals surface area contributed by atoms with Gasteiger partial charge < -0.3 is 4.84 Å². The Bertz CT molecular complexity index is 392. The Morgan fingerprint density at radius 1 is 1.33 bits per heavy atom. The van der Waals surface area contributed by atoms with Crippen LogP contribution in [0.3, 0.4) is 0 Å². The first kappa shape index (κ1) is 10.9. The molecule has 1 rings (SSSR count). The van der Waals surface area contributed by atoms with E-state index in [1.165, 1.54) is 31.2 Å². The highest BCUT2D eigenvalue weighted by Crippen LogP contribution is 2.21. The van der Waals surface area contributed by atoms with E-state index >= 15 is 0 Å². The monoisotopic (exact) mass is 212 g/mol. The van der Waals surface area contributed by atoms with E-state index in [0.717, 1.165) is 0 Å². The fraction of sp³-hybridized carbons (Fsp3) is 0.250. The molecule has 0 aliphatic rings. The average Bonchev–Trinajstić information content (AvgIpc) is 2.17. The second kappa shape index (κ2) is 4.36. The van der Waals surface area contributed by atoms with Crippen molar-refractivity contribution >= 4 is 5.69 Å². The highest BCUT2D eigenvalue weighted by Gasteiger charge is 2.13. The van der Waals surface area contributed by atoms with Gasteiger partial charge in [-0.3, -0.25) is 10.1 Å². The van der Waals surface area contributed by atoms with Crippen molar-refractivity contribution in [1.29, 1.82) is 0 Å². The highest BCUT2D eigenvalue weighted by atomic mass is 17.0. The lowest BCUT2D eigenvalue weighted by atomic mass is 10.1. The Balaban J connectivity index is 2.89. The Morgan fingerprint density at radius 2 is 2.00 bits per heavy atom. The number of benzene rings is 1. The zero-order valence-corrected chi connectivity index (χ0v) is 7.82. The fourth-order valence-corrected chi connectivity index (χ4v) is 1.08. The predicted octanol–water partition coefficient (Wildman–Crippen LogP) is 1.86. The normalized spacial score (nSPS) is 11.8. The molecule has 1 aromatic carbocycles. The molecule has 0 aliphatic carbocycles. The Hall–Kier alpha value is -2.18. The van der Waals surface area contributed by atoms with Crippen molar-refractivity contribution in [3.8, 4) is 0 Å². The molecule has 0 radical (unpaired) electrons. The molecule has 1 atom stereocenters. The maximum absolute atomic E-state index is 10.4. The number of nitro groups is 1. The first-order valence-electron chi connectivity index (χ1n) is 4.06. The average molecular weight is 212 g/mol. The summed E-state index contributed by atoms with van der Waals surface area (Å²) in [6.45, 7) is 1.45. The molecule has 0 saturated heterocycles. The van der Waals surface area contributed by atoms with Gasteiger partial charge in [0.05, 0.1) is 4.92 Å². The minimum atomic E-state index is -0.927. The molecule has 0 spiro atoms. The number of rotatable bonds is 4. The second-order valence-electron chi connectivity index (χ2n) is 2.82. The predicted molar refractivity (Wildman–Crippen MR) is 49.6 cm³/mol. The van der Waals surface area contributed by atoms with Crippen LogP contribution in [0.5, 0.6) is 0 Å². The van der Waals surface area contributed by atoms with Crippen LogP contribution in [-0.2, 0) is 4.84 Å². The Kier molecular flexibility index (Phi) is 3.17. The lowest BCUT2D eigenvalue weighted by molar-refractivity contribution is -0.770. The van der Waals surface area contributed by atoms with Crippen LogP contribution >= 0.6 is 0 Å². The minimum Gasteiger partial charge on any atom is -0.306 e. The molecule has 0 bridgehead atoms. The van der Waals surface area contributed by atoms with E-state index in [1.54, 1.807) is 0 Å². The molecule has 7 nitrogen and oxygen atoms in total. The summed E-state index contributed by atoms with van der Waals surface area (Å²) < 4.78 is 0. The standard InChI is InChI=1S/C8H8N2O5/c1-6(15-10(13)14)7-3-2-4-8(5-7)9(11)12/h2-6H,1H3/t6-/m1/s1. The smallest absolute Gasteiger partial charge is 0.295 e. The Morgan fingerprint density at radius 3 is 2.53 bits per heavy atom. The summed E-state index contributed by atoms with van der Waals surface area (Å²) in [6.07, 6.45) is -0.820. The molecule has 1 aromatic rings. The van der Waals surface area contributed by atoms with Crippen LogP contribution in [0.25, 0.3) is 0 Å². The summed E-state index contributed by atoms with van der Waals surface area (Å²) in [6, 6.07) is 5.53. The molecule has 0 aromatic heterocycles. The van der Waals surface area contributed by atoms with Crippen LogP contribution in [0, 0.1) is 20.2 Å². The zero-order valence-electron chi connectivity index (χ0n) is 7.82. The number of nitro benzene ring substituents is 1. The van der Waals surface area contributed by atoms with E-state index in [0.29, 0.717) is 5.56 Å². The number of non-ortho nitro benzene ring substituents is 1. The quantitative estimate of drug-likeness (QED) is 0.560. The van der Waals surface area contributed by atoms with E-state index in [4.69, 9.17) is 0 Å². The van der Waals surface area contributed by atoms with Gasteiger partial charge in [0.25, 0.3) is 10.8 Å². The van der Waals surface area contributed by atoms with Crippen LogP contribution in [-0.4, -0.2) is 10.0 Å². The molecule has 0 aliphatic heterocycles. The molecule has 0 heterocycles. The van der Waals surface area contributed by atoms with E-state index in [-0.39, 0.29) is 5.69 Å². The molecule has 0 saturated carbocycles. The van der Waals surface area contributed by atoms with Crippen LogP contribution in [0.15, 0.2) is 24.3 Å². The van der Waals surface area contributed by atoms with Crippen molar-refractivity contribution in [2.45, 2.75) is 13.0 Å². The number of nitrogens with zero attached hydrogens (tertiary/aromatic N) is 2. The molecule has 0 amide bonds. The molecule has 0 fully saturated rings. The summed E-state index contributed by atoms with van der Waals surface area (Å²) in [4.78, 5) is 24.2. The summed E-state index contributed by atoms with van der Waals surface area (Å²) >= 11 is 0. The summed E-state index contributed by atoms with van der Waals surface area (Å²) in [7, 11) is 0. The summed E-state index contributed by atoms with van der Waals surface area (Å²) in [5.41, 5.74) is 0.271. The zero-order chi connectivity index (χ0) is 11.4. The molecule has 0 unspecified atom stereocenters. The van der Waals surface area contributed by atoms with Crippen molar-refractivity contribution in [2.24, 2.45) is 0 Å². The largest absolute Gasteiger partial charge is 0.306 e. The van der Waals surface area contributed by atoms with Crippen molar-refractivity contribution in [3.63, 3.8) is 0 Å². The SMILES string of the molecule is C[C@@H](O[N+](=O)[O-])c1cccc([N+](=O)[O-])c1. The third-order valence-electron chi connectivity index (χ3n) is 1.79. The third kappa shape index (κ3) is 2.90. The first-order chi connectivity index (χ1) is 7.00. The van der Waals surface area contributed by atoms with Gasteiger partial charge in [0.2, 0.25) is 0 Å². The van der Waals surface area contributed by atoms with Crippen molar-refractivity contribution in [1.82, 2.24) is 0 Å². The number of hydrogen-bond donors (Lipinski definition) is 0. The van der Waals surface area contributed by atoms with Crippen LogP contribution < -0.4 is 0 Å². The Labute approximate surface area is 84.5 Å². The number of hydrogen-bond acceptors (Lipinski definition) is 5. The minimum absolute atomic E-state index is 0.119. The van der Waals surface area contributed by atoms with Crippen molar-refractivity contribution in [2.75, 3.05) is 0 Å². The topological polar surface area (TPSA) is 95.5 Å². The second-order valence-corrected chi connectivity index (χ2v) is 2.82. The molecule has 7 heteroatoms. The van der Waals surface area contributed by atoms with Gasteiger partial charge in [-0.25, -0.2) is 0 Å².